The summed E-state index contributed by atoms with van der Waals surface area (Å²) in [6.45, 7) is 8.10. The highest BCUT2D eigenvalue weighted by molar-refractivity contribution is 6.00. The number of carbonyl (C=O) groups excluding carboxylic acids is 3. The summed E-state index contributed by atoms with van der Waals surface area (Å²) < 4.78 is 5.50. The minimum Gasteiger partial charge on any atom is -0.460 e. The van der Waals surface area contributed by atoms with E-state index < -0.39 is 17.2 Å². The Morgan fingerprint density at radius 1 is 0.947 bits per heavy atom. The van der Waals surface area contributed by atoms with E-state index in [4.69, 9.17) is 4.74 Å². The first-order valence-corrected chi connectivity index (χ1v) is 13.8. The van der Waals surface area contributed by atoms with Gasteiger partial charge in [0.2, 0.25) is 11.8 Å². The predicted octanol–water partition coefficient (Wildman–Crippen LogP) is 3.76. The first-order valence-electron chi connectivity index (χ1n) is 13.8. The van der Waals surface area contributed by atoms with Crippen molar-refractivity contribution in [3.8, 4) is 0 Å². The Hall–Kier alpha value is -3.19. The highest BCUT2D eigenvalue weighted by Gasteiger charge is 2.53. The molecule has 1 atom stereocenters. The lowest BCUT2D eigenvalue weighted by Gasteiger charge is -2.51. The van der Waals surface area contributed by atoms with Crippen LogP contribution >= 0.6 is 0 Å². The maximum Gasteiger partial charge on any atom is 0.308 e. The number of carbonyl (C=O) groups is 3. The van der Waals surface area contributed by atoms with Crippen LogP contribution in [0.2, 0.25) is 0 Å². The number of hydrogen-bond acceptors (Lipinski definition) is 5. The van der Waals surface area contributed by atoms with Gasteiger partial charge >= 0.3 is 5.97 Å². The van der Waals surface area contributed by atoms with E-state index in [1.807, 2.05) is 57.2 Å². The molecule has 2 aliphatic rings. The SMILES string of the molecule is CC(C)(C)OC(=O)CCN1C(=O)C(Cc2ccccc2)NC(=O)C12CCN(CCCc1ccccc1)CC2. The Labute approximate surface area is 226 Å². The van der Waals surface area contributed by atoms with Gasteiger partial charge < -0.3 is 19.9 Å². The second kappa shape index (κ2) is 12.1. The van der Waals surface area contributed by atoms with Crippen LogP contribution in [0.15, 0.2) is 60.7 Å². The second-order valence-electron chi connectivity index (χ2n) is 11.5. The zero-order valence-corrected chi connectivity index (χ0v) is 22.9. The minimum absolute atomic E-state index is 0.0664. The number of esters is 1. The van der Waals surface area contributed by atoms with Gasteiger partial charge in [-0.15, -0.1) is 0 Å². The average molecular weight is 520 g/mol. The van der Waals surface area contributed by atoms with Gasteiger partial charge in [0.25, 0.3) is 0 Å². The fourth-order valence-electron chi connectivity index (χ4n) is 5.58. The number of ether oxygens (including phenoxy) is 1. The summed E-state index contributed by atoms with van der Waals surface area (Å²) in [5, 5.41) is 3.05. The lowest BCUT2D eigenvalue weighted by molar-refractivity contribution is -0.164. The van der Waals surface area contributed by atoms with Crippen molar-refractivity contribution >= 4 is 17.8 Å². The number of rotatable bonds is 9. The molecule has 38 heavy (non-hydrogen) atoms. The average Bonchev–Trinajstić information content (AvgIpc) is 2.88. The fraction of sp³-hybridized carbons (Fsp3) is 0.516. The van der Waals surface area contributed by atoms with Crippen molar-refractivity contribution in [1.82, 2.24) is 15.1 Å². The van der Waals surface area contributed by atoms with Crippen LogP contribution in [0.1, 0.15) is 57.6 Å². The molecule has 2 heterocycles. The van der Waals surface area contributed by atoms with Crippen LogP contribution in [0.25, 0.3) is 0 Å². The van der Waals surface area contributed by atoms with Gasteiger partial charge in [-0.25, -0.2) is 0 Å². The number of benzene rings is 2. The molecule has 0 aromatic heterocycles. The van der Waals surface area contributed by atoms with Crippen molar-refractivity contribution in [3.05, 3.63) is 71.8 Å². The fourth-order valence-corrected chi connectivity index (χ4v) is 5.58. The molecule has 0 radical (unpaired) electrons. The molecule has 2 aromatic carbocycles. The first-order chi connectivity index (χ1) is 18.2. The van der Waals surface area contributed by atoms with Gasteiger partial charge in [0.15, 0.2) is 0 Å². The molecule has 2 amide bonds. The Kier molecular flexibility index (Phi) is 8.87. The van der Waals surface area contributed by atoms with Crippen molar-refractivity contribution in [2.75, 3.05) is 26.2 Å². The quantitative estimate of drug-likeness (QED) is 0.511. The van der Waals surface area contributed by atoms with Gasteiger partial charge in [-0.2, -0.15) is 0 Å². The largest absolute Gasteiger partial charge is 0.460 e. The molecule has 0 aliphatic carbocycles. The van der Waals surface area contributed by atoms with Gasteiger partial charge in [0.1, 0.15) is 17.2 Å². The monoisotopic (exact) mass is 519 g/mol. The van der Waals surface area contributed by atoms with E-state index in [0.717, 1.165) is 38.0 Å². The lowest BCUT2D eigenvalue weighted by atomic mass is 9.81. The van der Waals surface area contributed by atoms with Gasteiger partial charge in [0.05, 0.1) is 6.42 Å². The molecule has 1 N–H and O–H groups in total. The molecule has 2 aromatic rings. The van der Waals surface area contributed by atoms with Gasteiger partial charge in [-0.05, 0) is 64.1 Å². The van der Waals surface area contributed by atoms with Crippen LogP contribution in [0.5, 0.6) is 0 Å². The van der Waals surface area contributed by atoms with E-state index >= 15 is 0 Å². The standard InChI is InChI=1S/C31H41N3O4/c1-30(2,3)38-27(35)16-20-34-28(36)26(23-25-13-8-5-9-14-25)32-29(37)31(34)17-21-33(22-18-31)19-10-15-24-11-6-4-7-12-24/h4-9,11-14,26H,10,15-23H2,1-3H3,(H,32,37). The number of likely N-dealkylation sites (tertiary alicyclic amines) is 1. The number of piperidine rings is 1. The molecular formula is C31H41N3O4. The molecule has 0 saturated carbocycles. The third-order valence-corrected chi connectivity index (χ3v) is 7.52. The van der Waals surface area contributed by atoms with E-state index in [1.54, 1.807) is 4.90 Å². The molecule has 2 saturated heterocycles. The Morgan fingerprint density at radius 2 is 1.55 bits per heavy atom. The summed E-state index contributed by atoms with van der Waals surface area (Å²) >= 11 is 0. The third-order valence-electron chi connectivity index (χ3n) is 7.52. The molecule has 2 fully saturated rings. The molecule has 7 heteroatoms. The maximum atomic E-state index is 13.8. The zero-order chi connectivity index (χ0) is 27.2. The van der Waals surface area contributed by atoms with E-state index in [1.165, 1.54) is 5.56 Å². The Balaban J connectivity index is 1.43. The summed E-state index contributed by atoms with van der Waals surface area (Å²) in [6.07, 6.45) is 3.67. The normalized spacial score (nSPS) is 19.9. The van der Waals surface area contributed by atoms with E-state index in [9.17, 15) is 14.4 Å². The zero-order valence-electron chi connectivity index (χ0n) is 22.9. The topological polar surface area (TPSA) is 79.0 Å². The third kappa shape index (κ3) is 7.01. The number of hydrogen-bond donors (Lipinski definition) is 1. The minimum atomic E-state index is -0.928. The van der Waals surface area contributed by atoms with Crippen LogP contribution in [-0.2, 0) is 32.0 Å². The summed E-state index contributed by atoms with van der Waals surface area (Å²) in [5.74, 6) is -0.579. The Bertz CT molecular complexity index is 1090. The maximum absolute atomic E-state index is 13.8. The summed E-state index contributed by atoms with van der Waals surface area (Å²) in [5.41, 5.74) is 0.791. The molecule has 1 spiro atoms. The van der Waals surface area contributed by atoms with Gasteiger partial charge in [0, 0.05) is 26.1 Å². The van der Waals surface area contributed by atoms with Crippen LogP contribution in [0.3, 0.4) is 0 Å². The molecular weight excluding hydrogens is 478 g/mol. The molecule has 0 bridgehead atoms. The van der Waals surface area contributed by atoms with Crippen molar-refractivity contribution in [2.24, 2.45) is 0 Å². The van der Waals surface area contributed by atoms with Crippen molar-refractivity contribution in [1.29, 1.82) is 0 Å². The lowest BCUT2D eigenvalue weighted by Crippen LogP contribution is -2.73. The Morgan fingerprint density at radius 3 is 2.16 bits per heavy atom. The number of nitrogens with one attached hydrogen (secondary N) is 1. The molecule has 7 nitrogen and oxygen atoms in total. The number of amides is 2. The second-order valence-corrected chi connectivity index (χ2v) is 11.5. The van der Waals surface area contributed by atoms with Crippen LogP contribution < -0.4 is 5.32 Å². The molecule has 1 unspecified atom stereocenters. The number of aryl methyl sites for hydroxylation is 1. The highest BCUT2D eigenvalue weighted by Crippen LogP contribution is 2.34. The van der Waals surface area contributed by atoms with Crippen LogP contribution in [-0.4, -0.2) is 70.9 Å². The number of piperazine rings is 1. The van der Waals surface area contributed by atoms with Gasteiger partial charge in [-0.3, -0.25) is 14.4 Å². The highest BCUT2D eigenvalue weighted by atomic mass is 16.6. The smallest absolute Gasteiger partial charge is 0.308 e. The van der Waals surface area contributed by atoms with Crippen molar-refractivity contribution in [3.63, 3.8) is 0 Å². The summed E-state index contributed by atoms with van der Waals surface area (Å²) in [6, 6.07) is 19.5. The van der Waals surface area contributed by atoms with Crippen LogP contribution in [0, 0.1) is 0 Å². The van der Waals surface area contributed by atoms with E-state index in [-0.39, 0.29) is 30.7 Å². The molecule has 2 aliphatic heterocycles. The summed E-state index contributed by atoms with van der Waals surface area (Å²) in [4.78, 5) is 44.1. The first kappa shape index (κ1) is 27.8. The predicted molar refractivity (Wildman–Crippen MR) is 147 cm³/mol. The van der Waals surface area contributed by atoms with Crippen molar-refractivity contribution < 1.29 is 19.1 Å². The van der Waals surface area contributed by atoms with Gasteiger partial charge in [-0.1, -0.05) is 60.7 Å². The molecule has 204 valence electrons. The van der Waals surface area contributed by atoms with E-state index in [2.05, 4.69) is 34.5 Å². The number of nitrogens with zero attached hydrogens (tertiary/aromatic N) is 2. The summed E-state index contributed by atoms with van der Waals surface area (Å²) in [7, 11) is 0. The van der Waals surface area contributed by atoms with Crippen molar-refractivity contribution in [2.45, 2.75) is 76.5 Å². The molecule has 4 rings (SSSR count). The van der Waals surface area contributed by atoms with E-state index in [0.29, 0.717) is 19.3 Å². The van der Waals surface area contributed by atoms with Crippen LogP contribution in [0.4, 0.5) is 0 Å².